The average Bonchev–Trinajstić information content (AvgIpc) is 3.41. The van der Waals surface area contributed by atoms with Crippen molar-refractivity contribution in [2.75, 3.05) is 0 Å². The zero-order valence-corrected chi connectivity index (χ0v) is 51.7. The van der Waals surface area contributed by atoms with Gasteiger partial charge in [-0.3, -0.25) is 0 Å². The summed E-state index contributed by atoms with van der Waals surface area (Å²) in [5.74, 6) is -0.468. The van der Waals surface area contributed by atoms with E-state index < -0.39 is 28.6 Å². The first kappa shape index (κ1) is 54.0. The molecule has 0 aliphatic carbocycles. The maximum Gasteiger partial charge on any atom is 0.172 e. The van der Waals surface area contributed by atoms with Gasteiger partial charge in [-0.15, -0.1) is 0 Å². The van der Waals surface area contributed by atoms with Crippen molar-refractivity contribution in [2.24, 2.45) is 0 Å². The summed E-state index contributed by atoms with van der Waals surface area (Å²) in [7, 11) is -15.7. The zero-order chi connectivity index (χ0) is 55.6. The molecular formula is C72H76O4P4. The van der Waals surface area contributed by atoms with E-state index in [2.05, 4.69) is 128 Å². The average molecular weight is 1130 g/mol. The Hall–Kier alpha value is -5.32. The number of benzene rings is 8. The molecule has 0 bridgehead atoms. The molecule has 0 atom stereocenters. The number of hydrogen-bond donors (Lipinski definition) is 0. The van der Waals surface area contributed by atoms with Crippen molar-refractivity contribution in [1.29, 1.82) is 0 Å². The molecule has 80 heavy (non-hydrogen) atoms. The van der Waals surface area contributed by atoms with Crippen LogP contribution in [0.4, 0.5) is 0 Å². The Morgan fingerprint density at radius 1 is 0.275 bits per heavy atom. The molecule has 0 N–H and O–H groups in total. The van der Waals surface area contributed by atoms with Gasteiger partial charge < -0.3 is 18.3 Å². The van der Waals surface area contributed by atoms with Crippen LogP contribution in [0.3, 0.4) is 0 Å². The van der Waals surface area contributed by atoms with Crippen LogP contribution in [0.2, 0.25) is 0 Å². The lowest BCUT2D eigenvalue weighted by Gasteiger charge is -2.47. The van der Waals surface area contributed by atoms with E-state index in [0.29, 0.717) is 0 Å². The second-order valence-electron chi connectivity index (χ2n) is 24.1. The van der Waals surface area contributed by atoms with E-state index in [1.54, 1.807) is 0 Å². The van der Waals surface area contributed by atoms with Crippen LogP contribution >= 0.6 is 28.6 Å². The molecule has 8 heteroatoms. The Morgan fingerprint density at radius 2 is 0.438 bits per heavy atom. The first-order valence-electron chi connectivity index (χ1n) is 30.1. The minimum Gasteiger partial charge on any atom is -0.309 e. The molecule has 12 rings (SSSR count). The Labute approximate surface area is 476 Å². The molecule has 4 nitrogen and oxygen atoms in total. The highest BCUT2D eigenvalue weighted by molar-refractivity contribution is 7.89. The molecule has 0 fully saturated rings. The monoisotopic (exact) mass is 1130 g/mol. The van der Waals surface area contributed by atoms with E-state index in [0.717, 1.165) is 207 Å². The lowest BCUT2D eigenvalue weighted by Crippen LogP contribution is -2.50. The van der Waals surface area contributed by atoms with Crippen LogP contribution in [0.1, 0.15) is 195 Å². The normalized spacial score (nSPS) is 25.0. The van der Waals surface area contributed by atoms with Crippen LogP contribution in [-0.4, -0.2) is 0 Å². The summed E-state index contributed by atoms with van der Waals surface area (Å²) >= 11 is 0. The van der Waals surface area contributed by atoms with Crippen LogP contribution in [0.5, 0.6) is 0 Å². The van der Waals surface area contributed by atoms with Gasteiger partial charge >= 0.3 is 0 Å². The molecule has 8 aromatic rings. The fraction of sp³-hybridized carbons (Fsp3) is 0.333. The number of fused-ring (bicyclic) bond motifs is 8. The van der Waals surface area contributed by atoms with Crippen molar-refractivity contribution in [3.63, 3.8) is 0 Å². The van der Waals surface area contributed by atoms with Gasteiger partial charge in [0, 0.05) is 87.3 Å². The molecule has 0 aromatic heterocycles. The molecule has 4 aliphatic heterocycles. The van der Waals surface area contributed by atoms with Crippen LogP contribution in [0, 0.1) is 27.7 Å². The summed E-state index contributed by atoms with van der Waals surface area (Å²) in [5.41, 5.74) is 12.2. The summed E-state index contributed by atoms with van der Waals surface area (Å²) in [6.07, 6.45) is 11.3. The third kappa shape index (κ3) is 7.27. The molecular weight excluding hydrogens is 1050 g/mol. The number of unbranched alkanes of at least 4 members (excludes halogenated alkanes) is 4. The van der Waals surface area contributed by atoms with E-state index in [-0.39, 0.29) is 23.7 Å². The van der Waals surface area contributed by atoms with Crippen molar-refractivity contribution < 1.29 is 18.3 Å². The van der Waals surface area contributed by atoms with E-state index in [4.69, 9.17) is 0 Å². The predicted octanol–water partition coefficient (Wildman–Crippen LogP) is 14.3. The van der Waals surface area contributed by atoms with Gasteiger partial charge in [0.1, 0.15) is 0 Å². The molecule has 408 valence electrons. The van der Waals surface area contributed by atoms with Gasteiger partial charge in [-0.2, -0.15) is 0 Å². The summed E-state index contributed by atoms with van der Waals surface area (Å²) in [6, 6.07) is 50.4. The smallest absolute Gasteiger partial charge is 0.172 e. The minimum absolute atomic E-state index is 0.117. The number of rotatable bonds is 16. The molecule has 0 amide bonds. The Morgan fingerprint density at radius 3 is 0.588 bits per heavy atom. The van der Waals surface area contributed by atoms with Gasteiger partial charge in [0.15, 0.2) is 28.6 Å². The maximum atomic E-state index is 18.4. The Balaban J connectivity index is 1.35. The van der Waals surface area contributed by atoms with E-state index >= 15 is 18.3 Å². The van der Waals surface area contributed by atoms with Crippen LogP contribution in [0.25, 0.3) is 0 Å². The van der Waals surface area contributed by atoms with Gasteiger partial charge in [0.05, 0.1) is 0 Å². The Bertz CT molecular complexity index is 3370. The van der Waals surface area contributed by atoms with Crippen LogP contribution in [0.15, 0.2) is 146 Å². The Kier molecular flexibility index (Phi) is 13.6. The second kappa shape index (κ2) is 20.2. The molecule has 0 unspecified atom stereocenters. The minimum atomic E-state index is -3.92. The van der Waals surface area contributed by atoms with Gasteiger partial charge in [-0.25, -0.2) is 0 Å². The number of hydrogen-bond acceptors (Lipinski definition) is 4. The highest BCUT2D eigenvalue weighted by Gasteiger charge is 2.56. The third-order valence-electron chi connectivity index (χ3n) is 19.7. The highest BCUT2D eigenvalue weighted by atomic mass is 31.2. The first-order valence-corrected chi connectivity index (χ1v) is 37.0. The largest absolute Gasteiger partial charge is 0.309 e. The maximum absolute atomic E-state index is 18.4. The predicted molar refractivity (Wildman–Crippen MR) is 342 cm³/mol. The van der Waals surface area contributed by atoms with Crippen molar-refractivity contribution in [2.45, 2.75) is 156 Å². The summed E-state index contributed by atoms with van der Waals surface area (Å²) in [6.45, 7) is 17.7. The zero-order valence-electron chi connectivity index (χ0n) is 48.1. The summed E-state index contributed by atoms with van der Waals surface area (Å²) in [5, 5.41) is 9.43. The van der Waals surface area contributed by atoms with Gasteiger partial charge in [0.2, 0.25) is 0 Å². The van der Waals surface area contributed by atoms with Gasteiger partial charge in [-0.1, -0.05) is 225 Å². The molecule has 0 radical (unpaired) electrons. The summed E-state index contributed by atoms with van der Waals surface area (Å²) < 4.78 is 73.6. The first-order chi connectivity index (χ1) is 38.8. The standard InChI is InChI=1S/C72H76O4P4/c1-9-13-37-53-57-41-59-54(38-14-10-2)61-43-63-56(40-16-12-4)64-44-62-55(39-15-11-3)60-42-58(53)66-46(6)68(60)79(75,51-33-25-19-26-34-51)70(62)48(8)72(64)80(76,52-35-27-20-28-36-52)71(63)47(7)69(61)78(74,50-31-23-18-24-32-50)67(59)45(5)65(57)77(66,73)49-29-21-17-22-30-49/h17-36,41-44,53-56H,9-16,37-40H2,1-8H3. The van der Waals surface area contributed by atoms with E-state index in [9.17, 15) is 0 Å². The molecule has 0 spiro atoms. The van der Waals surface area contributed by atoms with Crippen LogP contribution in [-0.2, 0) is 18.3 Å². The fourth-order valence-corrected chi connectivity index (χ4v) is 31.5. The van der Waals surface area contributed by atoms with Gasteiger partial charge in [-0.05, 0) is 120 Å². The third-order valence-corrected chi connectivity index (χ3v) is 33.5. The second-order valence-corrected chi connectivity index (χ2v) is 34.6. The molecule has 8 aromatic carbocycles. The lowest BCUT2D eigenvalue weighted by atomic mass is 9.75. The van der Waals surface area contributed by atoms with Crippen molar-refractivity contribution in [3.05, 3.63) is 212 Å². The molecule has 0 saturated heterocycles. The van der Waals surface area contributed by atoms with Crippen molar-refractivity contribution in [1.82, 2.24) is 0 Å². The van der Waals surface area contributed by atoms with Crippen LogP contribution < -0.4 is 63.7 Å². The summed E-state index contributed by atoms with van der Waals surface area (Å²) in [4.78, 5) is 0. The topological polar surface area (TPSA) is 68.3 Å². The van der Waals surface area contributed by atoms with Gasteiger partial charge in [0.25, 0.3) is 0 Å². The van der Waals surface area contributed by atoms with E-state index in [1.807, 2.05) is 72.8 Å². The SMILES string of the molecule is CCCCC1c2cc3c4c(C)c2P(=O)(c2ccccc2)c2c1cc1c(c2C)P(=O)(c2ccccc2)c2c(cc5c(c2C)P(=O)(c2ccccc2)c2c(cc(c(c2C)P4(=O)c2ccccc2)C3CCCC)C5CCCC)C1CCCC. The lowest BCUT2D eigenvalue weighted by molar-refractivity contribution is 0.587. The van der Waals surface area contributed by atoms with E-state index in [1.165, 1.54) is 0 Å². The fourth-order valence-electron chi connectivity index (χ4n) is 16.4. The van der Waals surface area contributed by atoms with Crippen molar-refractivity contribution >= 4 is 92.2 Å². The molecule has 4 aliphatic rings. The molecule has 4 heterocycles. The quantitative estimate of drug-likeness (QED) is 0.0904. The van der Waals surface area contributed by atoms with Crippen molar-refractivity contribution in [3.8, 4) is 0 Å². The molecule has 0 saturated carbocycles. The highest BCUT2D eigenvalue weighted by Crippen LogP contribution is 2.64.